The first-order valence-electron chi connectivity index (χ1n) is 8.27. The molecule has 4 aromatic rings. The lowest BCUT2D eigenvalue weighted by Gasteiger charge is -2.07. The third-order valence-corrected chi connectivity index (χ3v) is 4.80. The van der Waals surface area contributed by atoms with Crippen LogP contribution in [0.5, 0.6) is 0 Å². The minimum atomic E-state index is -0.298. The van der Waals surface area contributed by atoms with Crippen LogP contribution in [0.15, 0.2) is 65.4 Å². The molecule has 4 nitrogen and oxygen atoms in total. The summed E-state index contributed by atoms with van der Waals surface area (Å²) in [4.78, 5) is 12.0. The predicted molar refractivity (Wildman–Crippen MR) is 105 cm³/mol. The summed E-state index contributed by atoms with van der Waals surface area (Å²) < 4.78 is 13.8. The number of benzene rings is 2. The number of hydrogen-bond donors (Lipinski definition) is 2. The molecule has 2 N–H and O–H groups in total. The summed E-state index contributed by atoms with van der Waals surface area (Å²) >= 11 is 3.20. The summed E-state index contributed by atoms with van der Waals surface area (Å²) in [5.41, 5.74) is 3.94. The van der Waals surface area contributed by atoms with E-state index in [9.17, 15) is 4.39 Å². The van der Waals surface area contributed by atoms with E-state index in [2.05, 4.69) is 66.5 Å². The van der Waals surface area contributed by atoms with E-state index in [0.29, 0.717) is 10.3 Å². The number of halogens is 2. The number of nitrogens with one attached hydrogen (secondary N) is 2. The Morgan fingerprint density at radius 3 is 2.65 bits per heavy atom. The van der Waals surface area contributed by atoms with Gasteiger partial charge >= 0.3 is 0 Å². The minimum Gasteiger partial charge on any atom is -0.343 e. The van der Waals surface area contributed by atoms with Crippen molar-refractivity contribution in [3.63, 3.8) is 0 Å². The van der Waals surface area contributed by atoms with Gasteiger partial charge in [-0.3, -0.25) is 0 Å². The van der Waals surface area contributed by atoms with Gasteiger partial charge in [-0.05, 0) is 58.6 Å². The first-order chi connectivity index (χ1) is 12.7. The number of H-pyrrole nitrogens is 1. The molecule has 26 heavy (non-hydrogen) atoms. The van der Waals surface area contributed by atoms with Crippen LogP contribution in [0.2, 0.25) is 0 Å². The Morgan fingerprint density at radius 1 is 1.00 bits per heavy atom. The van der Waals surface area contributed by atoms with E-state index in [1.54, 1.807) is 12.1 Å². The van der Waals surface area contributed by atoms with Gasteiger partial charge in [0.05, 0.1) is 9.86 Å². The van der Waals surface area contributed by atoms with E-state index < -0.39 is 0 Å². The van der Waals surface area contributed by atoms with Crippen molar-refractivity contribution in [3.8, 4) is 0 Å². The lowest BCUT2D eigenvalue weighted by atomic mass is 10.1. The van der Waals surface area contributed by atoms with Crippen molar-refractivity contribution in [2.45, 2.75) is 12.8 Å². The van der Waals surface area contributed by atoms with Crippen LogP contribution in [-0.2, 0) is 12.8 Å². The van der Waals surface area contributed by atoms with Gasteiger partial charge < -0.3 is 10.3 Å². The van der Waals surface area contributed by atoms with Crippen LogP contribution < -0.4 is 5.32 Å². The van der Waals surface area contributed by atoms with E-state index in [1.807, 2.05) is 6.07 Å². The molecular formula is C20H16BrFN4. The topological polar surface area (TPSA) is 53.6 Å². The highest BCUT2D eigenvalue weighted by Gasteiger charge is 2.09. The van der Waals surface area contributed by atoms with Crippen molar-refractivity contribution in [3.05, 3.63) is 82.5 Å². The van der Waals surface area contributed by atoms with Crippen molar-refractivity contribution in [2.24, 2.45) is 0 Å². The third-order valence-electron chi connectivity index (χ3n) is 4.19. The Kier molecular flexibility index (Phi) is 4.67. The number of anilines is 2. The second-order valence-corrected chi connectivity index (χ2v) is 6.87. The monoisotopic (exact) mass is 410 g/mol. The molecule has 0 saturated carbocycles. The van der Waals surface area contributed by atoms with Gasteiger partial charge in [0, 0.05) is 11.4 Å². The number of aromatic nitrogens is 3. The van der Waals surface area contributed by atoms with Crippen molar-refractivity contribution in [1.29, 1.82) is 0 Å². The molecule has 0 amide bonds. The van der Waals surface area contributed by atoms with E-state index in [-0.39, 0.29) is 5.82 Å². The fourth-order valence-electron chi connectivity index (χ4n) is 2.86. The molecule has 0 atom stereocenters. The normalized spacial score (nSPS) is 11.0. The molecule has 0 fully saturated rings. The van der Waals surface area contributed by atoms with Crippen molar-refractivity contribution in [1.82, 2.24) is 15.0 Å². The summed E-state index contributed by atoms with van der Waals surface area (Å²) in [6, 6.07) is 17.2. The largest absolute Gasteiger partial charge is 0.343 e. The van der Waals surface area contributed by atoms with Crippen molar-refractivity contribution < 1.29 is 4.39 Å². The standard InChI is InChI=1S/C20H16BrFN4/c21-17-11-15(8-9-18(17)22)26-20-16-10-14(25-19(16)23-12-24-20)7-6-13-4-2-1-3-5-13/h1-5,8-12H,6-7H2,(H2,23,24,25,26). The number of fused-ring (bicyclic) bond motifs is 1. The summed E-state index contributed by atoms with van der Waals surface area (Å²) in [5.74, 6) is 0.393. The Bertz CT molecular complexity index is 1050. The highest BCUT2D eigenvalue weighted by molar-refractivity contribution is 9.10. The van der Waals surface area contributed by atoms with E-state index in [0.717, 1.165) is 35.3 Å². The van der Waals surface area contributed by atoms with Crippen molar-refractivity contribution >= 4 is 38.5 Å². The van der Waals surface area contributed by atoms with Crippen molar-refractivity contribution in [2.75, 3.05) is 5.32 Å². The molecule has 0 aliphatic rings. The maximum absolute atomic E-state index is 13.4. The van der Waals surface area contributed by atoms with Crippen LogP contribution in [0, 0.1) is 5.82 Å². The highest BCUT2D eigenvalue weighted by Crippen LogP contribution is 2.26. The van der Waals surface area contributed by atoms with Crippen LogP contribution in [0.3, 0.4) is 0 Å². The van der Waals surface area contributed by atoms with E-state index in [4.69, 9.17) is 0 Å². The molecular weight excluding hydrogens is 395 g/mol. The molecule has 0 aliphatic heterocycles. The average Bonchev–Trinajstić information content (AvgIpc) is 3.08. The number of aromatic amines is 1. The van der Waals surface area contributed by atoms with Gasteiger partial charge in [-0.1, -0.05) is 30.3 Å². The smallest absolute Gasteiger partial charge is 0.143 e. The van der Waals surface area contributed by atoms with Crippen LogP contribution in [0.25, 0.3) is 11.0 Å². The summed E-state index contributed by atoms with van der Waals surface area (Å²) in [7, 11) is 0. The molecule has 130 valence electrons. The first-order valence-corrected chi connectivity index (χ1v) is 9.07. The Hall–Kier alpha value is -2.73. The average molecular weight is 411 g/mol. The van der Waals surface area contributed by atoms with Gasteiger partial charge in [-0.2, -0.15) is 0 Å². The number of hydrogen-bond acceptors (Lipinski definition) is 3. The molecule has 0 saturated heterocycles. The lowest BCUT2D eigenvalue weighted by Crippen LogP contribution is -1.95. The quantitative estimate of drug-likeness (QED) is 0.463. The summed E-state index contributed by atoms with van der Waals surface area (Å²) in [5, 5.41) is 4.15. The molecule has 0 radical (unpaired) electrons. The molecule has 0 spiro atoms. The van der Waals surface area contributed by atoms with E-state index >= 15 is 0 Å². The highest BCUT2D eigenvalue weighted by atomic mass is 79.9. The van der Waals surface area contributed by atoms with Crippen LogP contribution in [0.1, 0.15) is 11.3 Å². The number of nitrogens with zero attached hydrogens (tertiary/aromatic N) is 2. The Balaban J connectivity index is 1.58. The molecule has 0 aliphatic carbocycles. The second kappa shape index (κ2) is 7.25. The van der Waals surface area contributed by atoms with E-state index in [1.165, 1.54) is 18.0 Å². The Labute approximate surface area is 158 Å². The molecule has 2 heterocycles. The third kappa shape index (κ3) is 3.60. The molecule has 2 aromatic heterocycles. The minimum absolute atomic E-state index is 0.298. The van der Waals surface area contributed by atoms with Crippen LogP contribution in [-0.4, -0.2) is 15.0 Å². The number of rotatable bonds is 5. The second-order valence-electron chi connectivity index (χ2n) is 6.02. The van der Waals surface area contributed by atoms with Gasteiger partial charge in [0.25, 0.3) is 0 Å². The van der Waals surface area contributed by atoms with Crippen LogP contribution >= 0.6 is 15.9 Å². The zero-order chi connectivity index (χ0) is 17.9. The fraction of sp³-hybridized carbons (Fsp3) is 0.100. The Morgan fingerprint density at radius 2 is 1.85 bits per heavy atom. The molecule has 6 heteroatoms. The SMILES string of the molecule is Fc1ccc(Nc2ncnc3[nH]c(CCc4ccccc4)cc23)cc1Br. The van der Waals surface area contributed by atoms with Gasteiger partial charge in [0.15, 0.2) is 0 Å². The summed E-state index contributed by atoms with van der Waals surface area (Å²) in [6.45, 7) is 0. The molecule has 2 aromatic carbocycles. The fourth-order valence-corrected chi connectivity index (χ4v) is 3.24. The molecule has 0 unspecified atom stereocenters. The van der Waals surface area contributed by atoms with Gasteiger partial charge in [0.2, 0.25) is 0 Å². The lowest BCUT2D eigenvalue weighted by molar-refractivity contribution is 0.621. The maximum atomic E-state index is 13.4. The zero-order valence-electron chi connectivity index (χ0n) is 13.8. The first kappa shape index (κ1) is 16.7. The summed E-state index contributed by atoms with van der Waals surface area (Å²) in [6.07, 6.45) is 3.36. The maximum Gasteiger partial charge on any atom is 0.143 e. The number of aryl methyl sites for hydroxylation is 2. The molecule has 4 rings (SSSR count). The van der Waals surface area contributed by atoms with Gasteiger partial charge in [-0.25, -0.2) is 14.4 Å². The van der Waals surface area contributed by atoms with Gasteiger partial charge in [0.1, 0.15) is 23.6 Å². The predicted octanol–water partition coefficient (Wildman–Crippen LogP) is 5.39. The molecule has 0 bridgehead atoms. The van der Waals surface area contributed by atoms with Crippen LogP contribution in [0.4, 0.5) is 15.9 Å². The van der Waals surface area contributed by atoms with Gasteiger partial charge in [-0.15, -0.1) is 0 Å². The zero-order valence-corrected chi connectivity index (χ0v) is 15.4.